The van der Waals surface area contributed by atoms with Gasteiger partial charge in [0.25, 0.3) is 0 Å². The molecule has 3 N–H and O–H groups in total. The summed E-state index contributed by atoms with van der Waals surface area (Å²) in [6.07, 6.45) is 4.76. The van der Waals surface area contributed by atoms with Crippen molar-refractivity contribution in [1.29, 1.82) is 0 Å². The molecule has 0 spiro atoms. The van der Waals surface area contributed by atoms with Gasteiger partial charge in [0.15, 0.2) is 0 Å². The number of aromatic nitrogens is 2. The molecule has 0 amide bonds. The van der Waals surface area contributed by atoms with Gasteiger partial charge in [0, 0.05) is 12.1 Å². The van der Waals surface area contributed by atoms with E-state index in [0.29, 0.717) is 28.5 Å². The average Bonchev–Trinajstić information content (AvgIpc) is 3.04. The second-order valence-electron chi connectivity index (χ2n) is 4.96. The van der Waals surface area contributed by atoms with Gasteiger partial charge in [0.1, 0.15) is 17.0 Å². The van der Waals surface area contributed by atoms with Crippen LogP contribution >= 0.6 is 11.3 Å². The minimum Gasteiger partial charge on any atom is -0.366 e. The number of rotatable bonds is 4. The van der Waals surface area contributed by atoms with Crippen molar-refractivity contribution < 1.29 is 4.92 Å². The topological polar surface area (TPSA) is 107 Å². The molecule has 7 nitrogen and oxygen atoms in total. The Balaban J connectivity index is 1.93. The van der Waals surface area contributed by atoms with Crippen molar-refractivity contribution in [2.24, 2.45) is 11.7 Å². The van der Waals surface area contributed by atoms with Crippen LogP contribution in [0.5, 0.6) is 0 Å². The Morgan fingerprint density at radius 1 is 1.50 bits per heavy atom. The van der Waals surface area contributed by atoms with Gasteiger partial charge in [-0.15, -0.1) is 0 Å². The van der Waals surface area contributed by atoms with Gasteiger partial charge in [0.2, 0.25) is 0 Å². The van der Waals surface area contributed by atoms with Crippen molar-refractivity contribution in [1.82, 2.24) is 9.97 Å². The molecule has 1 fully saturated rings. The van der Waals surface area contributed by atoms with E-state index in [1.807, 2.05) is 0 Å². The van der Waals surface area contributed by atoms with E-state index in [0.717, 1.165) is 30.6 Å². The van der Waals surface area contributed by atoms with Crippen molar-refractivity contribution in [2.75, 3.05) is 11.9 Å². The maximum absolute atomic E-state index is 10.9. The minimum absolute atomic E-state index is 0.0883. The largest absolute Gasteiger partial charge is 0.366 e. The molecule has 0 saturated heterocycles. The lowest BCUT2D eigenvalue weighted by Crippen LogP contribution is -2.29. The van der Waals surface area contributed by atoms with Crippen molar-refractivity contribution in [3.63, 3.8) is 0 Å². The molecule has 0 aliphatic heterocycles. The molecule has 0 radical (unpaired) electrons. The lowest BCUT2D eigenvalue weighted by atomic mass is 10.0. The summed E-state index contributed by atoms with van der Waals surface area (Å²) in [5.41, 5.74) is 5.77. The maximum Gasteiger partial charge on any atom is 0.326 e. The van der Waals surface area contributed by atoms with Gasteiger partial charge in [-0.25, -0.2) is 9.97 Å². The Morgan fingerprint density at radius 2 is 2.35 bits per heavy atom. The molecular formula is C12H15N5O2S. The molecule has 2 atom stereocenters. The summed E-state index contributed by atoms with van der Waals surface area (Å²) in [5.74, 6) is 1.11. The summed E-state index contributed by atoms with van der Waals surface area (Å²) in [6, 6.07) is 1.83. The third kappa shape index (κ3) is 2.32. The van der Waals surface area contributed by atoms with E-state index in [2.05, 4.69) is 15.3 Å². The third-order valence-electron chi connectivity index (χ3n) is 3.78. The van der Waals surface area contributed by atoms with Crippen LogP contribution in [0.3, 0.4) is 0 Å². The van der Waals surface area contributed by atoms with Crippen molar-refractivity contribution in [2.45, 2.75) is 25.3 Å². The van der Waals surface area contributed by atoms with Gasteiger partial charge < -0.3 is 11.1 Å². The predicted molar refractivity (Wildman–Crippen MR) is 77.9 cm³/mol. The van der Waals surface area contributed by atoms with Crippen LogP contribution in [-0.4, -0.2) is 27.5 Å². The van der Waals surface area contributed by atoms with Crippen LogP contribution in [0, 0.1) is 16.0 Å². The van der Waals surface area contributed by atoms with E-state index in [-0.39, 0.29) is 11.0 Å². The third-order valence-corrected chi connectivity index (χ3v) is 4.78. The van der Waals surface area contributed by atoms with Crippen molar-refractivity contribution in [3.05, 3.63) is 22.5 Å². The summed E-state index contributed by atoms with van der Waals surface area (Å²) >= 11 is 1.07. The SMILES string of the molecule is NCC1CCCC1Nc1ncnc2sc([N+](=O)[O-])cc12. The van der Waals surface area contributed by atoms with E-state index < -0.39 is 4.92 Å². The number of hydrogen-bond donors (Lipinski definition) is 2. The Morgan fingerprint density at radius 3 is 3.10 bits per heavy atom. The molecule has 8 heteroatoms. The number of thiophene rings is 1. The number of nitro groups is 1. The molecule has 1 saturated carbocycles. The highest BCUT2D eigenvalue weighted by Gasteiger charge is 2.27. The lowest BCUT2D eigenvalue weighted by Gasteiger charge is -2.20. The summed E-state index contributed by atoms with van der Waals surface area (Å²) in [7, 11) is 0. The molecule has 20 heavy (non-hydrogen) atoms. The predicted octanol–water partition coefficient (Wildman–Crippen LogP) is 2.14. The molecule has 1 aliphatic rings. The fourth-order valence-electron chi connectivity index (χ4n) is 2.73. The quantitative estimate of drug-likeness (QED) is 0.660. The van der Waals surface area contributed by atoms with Gasteiger partial charge in [-0.2, -0.15) is 0 Å². The van der Waals surface area contributed by atoms with E-state index in [1.54, 1.807) is 0 Å². The second kappa shape index (κ2) is 5.29. The van der Waals surface area contributed by atoms with Crippen molar-refractivity contribution >= 4 is 32.4 Å². The molecule has 3 rings (SSSR count). The molecule has 2 unspecified atom stereocenters. The van der Waals surface area contributed by atoms with Gasteiger partial charge in [-0.3, -0.25) is 10.1 Å². The Bertz CT molecular complexity index is 644. The zero-order valence-corrected chi connectivity index (χ0v) is 11.6. The number of anilines is 1. The van der Waals surface area contributed by atoms with Gasteiger partial charge in [0.05, 0.1) is 10.3 Å². The summed E-state index contributed by atoms with van der Waals surface area (Å²) in [6.45, 7) is 0.648. The molecule has 2 aromatic heterocycles. The molecule has 1 aliphatic carbocycles. The first-order chi connectivity index (χ1) is 9.69. The number of nitrogens with two attached hydrogens (primary N) is 1. The smallest absolute Gasteiger partial charge is 0.326 e. The summed E-state index contributed by atoms with van der Waals surface area (Å²) < 4.78 is 0. The van der Waals surface area contributed by atoms with E-state index >= 15 is 0 Å². The minimum atomic E-state index is -0.394. The zero-order chi connectivity index (χ0) is 14.1. The number of nitrogens with zero attached hydrogens (tertiary/aromatic N) is 3. The lowest BCUT2D eigenvalue weighted by molar-refractivity contribution is -0.380. The van der Waals surface area contributed by atoms with Crippen LogP contribution in [0.15, 0.2) is 12.4 Å². The van der Waals surface area contributed by atoms with Crippen LogP contribution in [0.2, 0.25) is 0 Å². The number of fused-ring (bicyclic) bond motifs is 1. The van der Waals surface area contributed by atoms with E-state index in [4.69, 9.17) is 5.73 Å². The highest BCUT2D eigenvalue weighted by Crippen LogP contribution is 2.35. The average molecular weight is 293 g/mol. The summed E-state index contributed by atoms with van der Waals surface area (Å²) in [5, 5.41) is 15.0. The first-order valence-corrected chi connectivity index (χ1v) is 7.36. The fourth-order valence-corrected chi connectivity index (χ4v) is 3.55. The van der Waals surface area contributed by atoms with Crippen LogP contribution in [-0.2, 0) is 0 Å². The highest BCUT2D eigenvalue weighted by atomic mass is 32.1. The van der Waals surface area contributed by atoms with Crippen molar-refractivity contribution in [3.8, 4) is 0 Å². The molecular weight excluding hydrogens is 278 g/mol. The standard InChI is InChI=1S/C12H15N5O2S/c13-5-7-2-1-3-9(7)16-11-8-4-10(17(18)19)20-12(8)15-6-14-11/h4,6-7,9H,1-3,5,13H2,(H,14,15,16). The number of nitrogens with one attached hydrogen (secondary N) is 1. The fraction of sp³-hybridized carbons (Fsp3) is 0.500. The van der Waals surface area contributed by atoms with Gasteiger partial charge >= 0.3 is 5.00 Å². The normalized spacial score (nSPS) is 22.2. The summed E-state index contributed by atoms with van der Waals surface area (Å²) in [4.78, 5) is 19.4. The zero-order valence-electron chi connectivity index (χ0n) is 10.8. The van der Waals surface area contributed by atoms with Gasteiger partial charge in [-0.05, 0) is 36.6 Å². The maximum atomic E-state index is 10.9. The molecule has 2 aromatic rings. The van der Waals surface area contributed by atoms with Crippen LogP contribution in [0.1, 0.15) is 19.3 Å². The van der Waals surface area contributed by atoms with Crippen LogP contribution < -0.4 is 11.1 Å². The van der Waals surface area contributed by atoms with Gasteiger partial charge in [-0.1, -0.05) is 6.42 Å². The Hall–Kier alpha value is -1.80. The van der Waals surface area contributed by atoms with E-state index in [1.165, 1.54) is 12.4 Å². The Kier molecular flexibility index (Phi) is 3.49. The second-order valence-corrected chi connectivity index (χ2v) is 5.97. The number of hydrogen-bond acceptors (Lipinski definition) is 7. The molecule has 2 heterocycles. The molecule has 106 valence electrons. The van der Waals surface area contributed by atoms with Crippen LogP contribution in [0.25, 0.3) is 10.2 Å². The molecule has 0 aromatic carbocycles. The Labute approximate surface area is 119 Å². The molecule has 0 bridgehead atoms. The monoisotopic (exact) mass is 293 g/mol. The first-order valence-electron chi connectivity index (χ1n) is 6.54. The van der Waals surface area contributed by atoms with Crippen LogP contribution in [0.4, 0.5) is 10.8 Å². The van der Waals surface area contributed by atoms with E-state index in [9.17, 15) is 10.1 Å². The highest BCUT2D eigenvalue weighted by molar-refractivity contribution is 7.21. The first kappa shape index (κ1) is 13.2.